The first-order chi connectivity index (χ1) is 18.8. The Bertz CT molecular complexity index is 1580. The molecule has 1 aliphatic rings. The molecule has 0 bridgehead atoms. The fourth-order valence-corrected chi connectivity index (χ4v) is 5.28. The van der Waals surface area contributed by atoms with Gasteiger partial charge in [0.1, 0.15) is 11.9 Å². The van der Waals surface area contributed by atoms with E-state index in [1.54, 1.807) is 23.0 Å². The number of carbonyl (C=O) groups is 1. The topological polar surface area (TPSA) is 128 Å². The van der Waals surface area contributed by atoms with E-state index >= 15 is 0 Å². The number of amides is 1. The number of carbonyl (C=O) groups excluding carboxylic acids is 1. The van der Waals surface area contributed by atoms with E-state index in [0.717, 1.165) is 33.8 Å². The fourth-order valence-electron chi connectivity index (χ4n) is 5.28. The highest BCUT2D eigenvalue weighted by molar-refractivity contribution is 5.86. The van der Waals surface area contributed by atoms with Crippen LogP contribution in [0.25, 0.3) is 0 Å². The lowest BCUT2D eigenvalue weighted by Gasteiger charge is -2.21. The number of anilines is 2. The van der Waals surface area contributed by atoms with Crippen LogP contribution in [0.2, 0.25) is 0 Å². The minimum absolute atomic E-state index is 0. The first kappa shape index (κ1) is 34.5. The third-order valence-electron chi connectivity index (χ3n) is 7.35. The van der Waals surface area contributed by atoms with Crippen molar-refractivity contribution in [2.45, 2.75) is 52.1 Å². The average molecular weight is 633 g/mol. The molecule has 0 spiro atoms. The van der Waals surface area contributed by atoms with Crippen molar-refractivity contribution >= 4 is 54.8 Å². The lowest BCUT2D eigenvalue weighted by atomic mass is 9.90. The molecule has 42 heavy (non-hydrogen) atoms. The lowest BCUT2D eigenvalue weighted by molar-refractivity contribution is -0.124. The molecule has 4 N–H and O–H groups in total. The van der Waals surface area contributed by atoms with Gasteiger partial charge in [-0.25, -0.2) is 9.97 Å². The van der Waals surface area contributed by atoms with Crippen LogP contribution in [0, 0.1) is 20.8 Å². The highest BCUT2D eigenvalue weighted by Gasteiger charge is 2.31. The molecule has 1 amide bonds. The van der Waals surface area contributed by atoms with Crippen LogP contribution in [0.3, 0.4) is 0 Å². The summed E-state index contributed by atoms with van der Waals surface area (Å²) in [5.74, 6) is 0.380. The number of rotatable bonds is 8. The van der Waals surface area contributed by atoms with Gasteiger partial charge >= 0.3 is 0 Å². The maximum Gasteiger partial charge on any atom is 0.294 e. The number of fused-ring (bicyclic) bond motifs is 1. The summed E-state index contributed by atoms with van der Waals surface area (Å²) in [7, 11) is 0. The summed E-state index contributed by atoms with van der Waals surface area (Å²) in [6, 6.07) is 15.2. The predicted octanol–water partition coefficient (Wildman–Crippen LogP) is 4.85. The summed E-state index contributed by atoms with van der Waals surface area (Å²) in [5, 5.41) is 6.24. The number of halogens is 3. The second-order valence-corrected chi connectivity index (χ2v) is 10.1. The number of aromatic nitrogens is 4. The zero-order valence-electron chi connectivity index (χ0n) is 23.7. The Balaban J connectivity index is 0.00000205. The van der Waals surface area contributed by atoms with E-state index in [2.05, 4.69) is 57.6 Å². The van der Waals surface area contributed by atoms with E-state index in [-0.39, 0.29) is 60.4 Å². The number of hydrogen-bond donors (Lipinski definition) is 3. The van der Waals surface area contributed by atoms with Crippen LogP contribution < -0.4 is 21.9 Å². The predicted molar refractivity (Wildman–Crippen MR) is 173 cm³/mol. The van der Waals surface area contributed by atoms with Crippen molar-refractivity contribution in [1.82, 2.24) is 24.8 Å². The molecule has 5 rings (SSSR count). The first-order valence-electron chi connectivity index (χ1n) is 13.1. The molecule has 3 aromatic heterocycles. The molecular weight excluding hydrogens is 597 g/mol. The molecule has 1 aliphatic heterocycles. The normalized spacial score (nSPS) is 13.9. The summed E-state index contributed by atoms with van der Waals surface area (Å²) in [4.78, 5) is 40.0. The average Bonchev–Trinajstić information content (AvgIpc) is 3.36. The number of pyridine rings is 2. The molecule has 4 heterocycles. The molecule has 0 saturated heterocycles. The Hall–Kier alpha value is -3.66. The Morgan fingerprint density at radius 2 is 1.86 bits per heavy atom. The smallest absolute Gasteiger partial charge is 0.294 e. The van der Waals surface area contributed by atoms with Gasteiger partial charge in [-0.15, -0.1) is 37.2 Å². The van der Waals surface area contributed by atoms with Gasteiger partial charge in [0.05, 0.1) is 0 Å². The molecule has 2 atom stereocenters. The van der Waals surface area contributed by atoms with Crippen molar-refractivity contribution in [3.05, 3.63) is 111 Å². The summed E-state index contributed by atoms with van der Waals surface area (Å²) in [6.07, 6.45) is 4.63. The number of nitrogens with zero attached hydrogens (tertiary/aromatic N) is 4. The standard InChI is InChI=1S/C30H33N7O2.3ClH/c1-18-7-10-23(19(2)14-18)24(25-6-4-5-13-32-25)17-34-28-30(39)37-22(16-33-28)9-11-26(37)29(38)35-15-21-8-12-27(31)36-20(21)3;;;/h4-8,10,12-14,16,24,26H,9,11,15,17H2,1-3H3,(H2,31,36)(H,33,34)(H,35,38);3*1H/t24-,26+;;;/m1.../s1. The van der Waals surface area contributed by atoms with Gasteiger partial charge in [-0.05, 0) is 68.5 Å². The summed E-state index contributed by atoms with van der Waals surface area (Å²) < 4.78 is 1.58. The summed E-state index contributed by atoms with van der Waals surface area (Å²) >= 11 is 0. The quantitative estimate of drug-likeness (QED) is 0.253. The maximum absolute atomic E-state index is 13.6. The van der Waals surface area contributed by atoms with Gasteiger partial charge in [0.25, 0.3) is 5.56 Å². The first-order valence-corrected chi connectivity index (χ1v) is 13.1. The SMILES string of the molecule is Cc1ccc([C@@H](CNc2ncc3n(c2=O)[C@H](C(=O)NCc2ccc(N)nc2C)CC3)c2ccccn2)c(C)c1.Cl.Cl.Cl. The van der Waals surface area contributed by atoms with Crippen molar-refractivity contribution in [2.24, 2.45) is 0 Å². The molecule has 1 aromatic carbocycles. The summed E-state index contributed by atoms with van der Waals surface area (Å²) in [5.41, 5.74) is 12.2. The zero-order chi connectivity index (χ0) is 27.5. The number of benzene rings is 1. The third-order valence-corrected chi connectivity index (χ3v) is 7.35. The second-order valence-electron chi connectivity index (χ2n) is 10.1. The van der Waals surface area contributed by atoms with Crippen LogP contribution >= 0.6 is 37.2 Å². The Morgan fingerprint density at radius 1 is 1.07 bits per heavy atom. The van der Waals surface area contributed by atoms with Crippen molar-refractivity contribution in [3.8, 4) is 0 Å². The van der Waals surface area contributed by atoms with Crippen LogP contribution in [-0.4, -0.2) is 32.0 Å². The number of nitrogens with two attached hydrogens (primary N) is 1. The minimum Gasteiger partial charge on any atom is -0.384 e. The van der Waals surface area contributed by atoms with Crippen LogP contribution in [0.5, 0.6) is 0 Å². The number of aryl methyl sites for hydroxylation is 4. The van der Waals surface area contributed by atoms with Crippen LogP contribution in [0.15, 0.2) is 65.7 Å². The largest absolute Gasteiger partial charge is 0.384 e. The van der Waals surface area contributed by atoms with Gasteiger partial charge in [-0.1, -0.05) is 35.9 Å². The lowest BCUT2D eigenvalue weighted by Crippen LogP contribution is -2.36. The Kier molecular flexibility index (Phi) is 12.3. The Labute approximate surface area is 264 Å². The number of hydrogen-bond acceptors (Lipinski definition) is 7. The Morgan fingerprint density at radius 3 is 2.55 bits per heavy atom. The van der Waals surface area contributed by atoms with Gasteiger partial charge in [0, 0.05) is 48.5 Å². The molecule has 9 nitrogen and oxygen atoms in total. The van der Waals surface area contributed by atoms with Crippen molar-refractivity contribution in [1.29, 1.82) is 0 Å². The van der Waals surface area contributed by atoms with Crippen molar-refractivity contribution in [3.63, 3.8) is 0 Å². The van der Waals surface area contributed by atoms with E-state index in [9.17, 15) is 9.59 Å². The summed E-state index contributed by atoms with van der Waals surface area (Å²) in [6.45, 7) is 6.76. The third kappa shape index (κ3) is 7.40. The van der Waals surface area contributed by atoms with Gasteiger partial charge in [0.15, 0.2) is 5.82 Å². The molecule has 12 heteroatoms. The van der Waals surface area contributed by atoms with Gasteiger partial charge in [0.2, 0.25) is 5.91 Å². The molecule has 0 aliphatic carbocycles. The monoisotopic (exact) mass is 631 g/mol. The van der Waals surface area contributed by atoms with Gasteiger partial charge in [-0.3, -0.25) is 19.1 Å². The minimum atomic E-state index is -0.593. The van der Waals surface area contributed by atoms with Crippen LogP contribution in [0.1, 0.15) is 57.7 Å². The molecule has 0 radical (unpaired) electrons. The molecule has 224 valence electrons. The van der Waals surface area contributed by atoms with Crippen LogP contribution in [0.4, 0.5) is 11.6 Å². The number of nitrogen functional groups attached to an aromatic ring is 1. The highest BCUT2D eigenvalue weighted by atomic mass is 35.5. The fraction of sp³-hybridized carbons (Fsp3) is 0.300. The van der Waals surface area contributed by atoms with Crippen molar-refractivity contribution < 1.29 is 4.79 Å². The molecule has 4 aromatic rings. The van der Waals surface area contributed by atoms with Gasteiger partial charge < -0.3 is 16.4 Å². The number of nitrogens with one attached hydrogen (secondary N) is 2. The second kappa shape index (κ2) is 15.0. The molecular formula is C30H36Cl3N7O2. The van der Waals surface area contributed by atoms with Gasteiger partial charge in [-0.2, -0.15) is 0 Å². The molecule has 0 saturated carbocycles. The van der Waals surface area contributed by atoms with E-state index < -0.39 is 6.04 Å². The van der Waals surface area contributed by atoms with E-state index in [1.165, 1.54) is 5.56 Å². The van der Waals surface area contributed by atoms with Crippen LogP contribution in [-0.2, 0) is 17.8 Å². The van der Waals surface area contributed by atoms with E-state index in [0.29, 0.717) is 31.7 Å². The zero-order valence-corrected chi connectivity index (χ0v) is 26.1. The van der Waals surface area contributed by atoms with E-state index in [4.69, 9.17) is 5.73 Å². The molecule has 0 unspecified atom stereocenters. The van der Waals surface area contributed by atoms with Crippen molar-refractivity contribution in [2.75, 3.05) is 17.6 Å². The maximum atomic E-state index is 13.6. The highest BCUT2D eigenvalue weighted by Crippen LogP contribution is 2.28. The van der Waals surface area contributed by atoms with E-state index in [1.807, 2.05) is 31.2 Å². The molecule has 0 fully saturated rings.